The molecule has 1 aliphatic heterocycles. The summed E-state index contributed by atoms with van der Waals surface area (Å²) in [6, 6.07) is 7.17. The average molecular weight is 478 g/mol. The molecule has 1 aromatic carbocycles. The third kappa shape index (κ3) is 3.97. The Morgan fingerprint density at radius 1 is 1.06 bits per heavy atom. The minimum Gasteiger partial charge on any atom is -0.373 e. The van der Waals surface area contributed by atoms with Crippen molar-refractivity contribution in [3.63, 3.8) is 0 Å². The van der Waals surface area contributed by atoms with Gasteiger partial charge in [0.2, 0.25) is 0 Å². The number of ether oxygens (including phenoxy) is 1. The van der Waals surface area contributed by atoms with E-state index >= 15 is 0 Å². The highest BCUT2D eigenvalue weighted by atomic mass is 35.5. The number of hydrogen-bond acceptors (Lipinski definition) is 5. The maximum absolute atomic E-state index is 14.8. The van der Waals surface area contributed by atoms with E-state index in [-0.39, 0.29) is 12.0 Å². The van der Waals surface area contributed by atoms with E-state index in [1.54, 1.807) is 12.1 Å². The van der Waals surface area contributed by atoms with Crippen LogP contribution >= 0.6 is 11.6 Å². The van der Waals surface area contributed by atoms with Crippen LogP contribution in [0.4, 0.5) is 4.39 Å². The zero-order chi connectivity index (χ0) is 23.4. The molecule has 1 aliphatic carbocycles. The van der Waals surface area contributed by atoms with Crippen molar-refractivity contribution in [3.05, 3.63) is 70.0 Å². The van der Waals surface area contributed by atoms with Crippen molar-refractivity contribution in [2.45, 2.75) is 57.6 Å². The molecule has 0 unspecified atom stereocenters. The van der Waals surface area contributed by atoms with Gasteiger partial charge in [0.15, 0.2) is 5.65 Å². The first-order valence-corrected chi connectivity index (χ1v) is 12.1. The molecule has 4 aromatic rings. The SMILES string of the molecule is Cc1nc2nc(-c3ccc(Cl)cc3F)cc([C@@H]3CCO[C@H](c4cnn(C5CC5)c4)C3)c2nc1C. The van der Waals surface area contributed by atoms with Gasteiger partial charge in [-0.2, -0.15) is 5.10 Å². The van der Waals surface area contributed by atoms with Crippen LogP contribution in [0.3, 0.4) is 0 Å². The van der Waals surface area contributed by atoms with Crippen molar-refractivity contribution in [2.24, 2.45) is 0 Å². The van der Waals surface area contributed by atoms with Crippen LogP contribution in [0.1, 0.15) is 66.3 Å². The lowest BCUT2D eigenvalue weighted by Gasteiger charge is -2.30. The van der Waals surface area contributed by atoms with E-state index in [1.807, 2.05) is 26.1 Å². The van der Waals surface area contributed by atoms with Crippen LogP contribution in [0.2, 0.25) is 5.02 Å². The molecular formula is C26H25ClFN5O. The van der Waals surface area contributed by atoms with E-state index in [0.717, 1.165) is 40.9 Å². The van der Waals surface area contributed by atoms with Gasteiger partial charge < -0.3 is 4.74 Å². The highest BCUT2D eigenvalue weighted by molar-refractivity contribution is 6.30. The Balaban J connectivity index is 1.43. The van der Waals surface area contributed by atoms with Gasteiger partial charge in [0.05, 0.1) is 35.4 Å². The second kappa shape index (κ2) is 8.40. The number of rotatable bonds is 4. The lowest BCUT2D eigenvalue weighted by atomic mass is 9.86. The third-order valence-electron chi connectivity index (χ3n) is 6.93. The number of halogens is 2. The van der Waals surface area contributed by atoms with Crippen LogP contribution in [-0.4, -0.2) is 31.3 Å². The molecule has 0 bridgehead atoms. The molecule has 8 heteroatoms. The maximum atomic E-state index is 14.8. The Morgan fingerprint density at radius 3 is 2.68 bits per heavy atom. The normalized spacial score (nSPS) is 20.7. The Hall–Kier alpha value is -2.90. The van der Waals surface area contributed by atoms with E-state index in [9.17, 15) is 4.39 Å². The predicted molar refractivity (Wildman–Crippen MR) is 128 cm³/mol. The first kappa shape index (κ1) is 21.6. The van der Waals surface area contributed by atoms with Gasteiger partial charge in [-0.15, -0.1) is 0 Å². The molecule has 2 fully saturated rings. The fourth-order valence-corrected chi connectivity index (χ4v) is 4.90. The minimum absolute atomic E-state index is 0.0373. The molecule has 0 N–H and O–H groups in total. The standard InChI is InChI=1S/C26H25ClFN5O/c1-14-15(2)31-26-25(30-14)21(11-23(32-26)20-6-3-18(27)10-22(20)28)16-7-8-34-24(9-16)17-12-29-33(13-17)19-4-5-19/h3,6,10-13,16,19,24H,4-5,7-9H2,1-2H3/t16-,24+/m1/s1. The first-order valence-electron chi connectivity index (χ1n) is 11.7. The summed E-state index contributed by atoms with van der Waals surface area (Å²) in [7, 11) is 0. The summed E-state index contributed by atoms with van der Waals surface area (Å²) >= 11 is 5.99. The molecule has 4 heterocycles. The zero-order valence-corrected chi connectivity index (χ0v) is 19.9. The Labute approximate surface area is 202 Å². The molecule has 6 nitrogen and oxygen atoms in total. The van der Waals surface area contributed by atoms with Gasteiger partial charge in [0, 0.05) is 29.0 Å². The van der Waals surface area contributed by atoms with E-state index in [4.69, 9.17) is 31.3 Å². The van der Waals surface area contributed by atoms with Crippen molar-refractivity contribution in [1.82, 2.24) is 24.7 Å². The average Bonchev–Trinajstić information content (AvgIpc) is 3.56. The number of fused-ring (bicyclic) bond motifs is 1. The van der Waals surface area contributed by atoms with Crippen molar-refractivity contribution < 1.29 is 9.13 Å². The molecule has 0 spiro atoms. The zero-order valence-electron chi connectivity index (χ0n) is 19.1. The molecular weight excluding hydrogens is 453 g/mol. The van der Waals surface area contributed by atoms with E-state index in [1.165, 1.54) is 18.9 Å². The Kier molecular flexibility index (Phi) is 5.34. The van der Waals surface area contributed by atoms with Crippen LogP contribution < -0.4 is 0 Å². The summed E-state index contributed by atoms with van der Waals surface area (Å²) in [6.07, 6.45) is 8.05. The second-order valence-electron chi connectivity index (χ2n) is 9.35. The monoisotopic (exact) mass is 477 g/mol. The number of benzene rings is 1. The molecule has 0 amide bonds. The summed E-state index contributed by atoms with van der Waals surface area (Å²) in [6.45, 7) is 4.51. The lowest BCUT2D eigenvalue weighted by Crippen LogP contribution is -2.19. The quantitative estimate of drug-likeness (QED) is 0.346. The van der Waals surface area contributed by atoms with Crippen molar-refractivity contribution >= 4 is 22.8 Å². The predicted octanol–water partition coefficient (Wildman–Crippen LogP) is 6.27. The second-order valence-corrected chi connectivity index (χ2v) is 9.79. The van der Waals surface area contributed by atoms with Crippen LogP contribution in [0.5, 0.6) is 0 Å². The molecule has 1 saturated heterocycles. The van der Waals surface area contributed by atoms with Crippen LogP contribution in [0, 0.1) is 19.7 Å². The Bertz CT molecular complexity index is 1400. The Morgan fingerprint density at radius 2 is 1.88 bits per heavy atom. The minimum atomic E-state index is -0.403. The van der Waals surface area contributed by atoms with Gasteiger partial charge in [-0.05, 0) is 75.3 Å². The maximum Gasteiger partial charge on any atom is 0.179 e. The fourth-order valence-electron chi connectivity index (χ4n) is 4.74. The molecule has 3 aromatic heterocycles. The van der Waals surface area contributed by atoms with Crippen LogP contribution in [-0.2, 0) is 4.74 Å². The molecule has 2 atom stereocenters. The number of hydrogen-bond donors (Lipinski definition) is 0. The molecule has 0 radical (unpaired) electrons. The number of aryl methyl sites for hydroxylation is 2. The summed E-state index contributed by atoms with van der Waals surface area (Å²) < 4.78 is 23.0. The summed E-state index contributed by atoms with van der Waals surface area (Å²) in [4.78, 5) is 14.3. The largest absolute Gasteiger partial charge is 0.373 e. The molecule has 1 saturated carbocycles. The van der Waals surface area contributed by atoms with Crippen LogP contribution in [0.15, 0.2) is 36.7 Å². The molecule has 2 aliphatic rings. The number of aromatic nitrogens is 5. The summed E-state index contributed by atoms with van der Waals surface area (Å²) in [5, 5.41) is 4.90. The van der Waals surface area contributed by atoms with Gasteiger partial charge in [-0.1, -0.05) is 11.6 Å². The fraction of sp³-hybridized carbons (Fsp3) is 0.385. The summed E-state index contributed by atoms with van der Waals surface area (Å²) in [5.41, 5.74) is 6.09. The molecule has 6 rings (SSSR count). The lowest BCUT2D eigenvalue weighted by molar-refractivity contribution is 0.00540. The van der Waals surface area contributed by atoms with Gasteiger partial charge in [0.25, 0.3) is 0 Å². The highest BCUT2D eigenvalue weighted by Gasteiger charge is 2.30. The van der Waals surface area contributed by atoms with Crippen molar-refractivity contribution in [1.29, 1.82) is 0 Å². The van der Waals surface area contributed by atoms with E-state index in [2.05, 4.69) is 16.0 Å². The van der Waals surface area contributed by atoms with Crippen molar-refractivity contribution in [2.75, 3.05) is 6.61 Å². The van der Waals surface area contributed by atoms with Gasteiger partial charge >= 0.3 is 0 Å². The van der Waals surface area contributed by atoms with Gasteiger partial charge in [0.1, 0.15) is 11.3 Å². The molecule has 34 heavy (non-hydrogen) atoms. The van der Waals surface area contributed by atoms with Gasteiger partial charge in [-0.25, -0.2) is 19.3 Å². The van der Waals surface area contributed by atoms with Gasteiger partial charge in [-0.3, -0.25) is 4.68 Å². The smallest absolute Gasteiger partial charge is 0.179 e. The van der Waals surface area contributed by atoms with E-state index in [0.29, 0.717) is 34.6 Å². The first-order chi connectivity index (χ1) is 16.5. The molecule has 174 valence electrons. The summed E-state index contributed by atoms with van der Waals surface area (Å²) in [5.74, 6) is -0.224. The topological polar surface area (TPSA) is 65.7 Å². The van der Waals surface area contributed by atoms with E-state index < -0.39 is 5.82 Å². The third-order valence-corrected chi connectivity index (χ3v) is 7.16. The number of nitrogens with zero attached hydrogens (tertiary/aromatic N) is 5. The number of pyridine rings is 1. The highest BCUT2D eigenvalue weighted by Crippen LogP contribution is 2.42. The van der Waals surface area contributed by atoms with Crippen molar-refractivity contribution in [3.8, 4) is 11.3 Å². The van der Waals surface area contributed by atoms with Crippen LogP contribution in [0.25, 0.3) is 22.4 Å².